The summed E-state index contributed by atoms with van der Waals surface area (Å²) in [6.07, 6.45) is 1.49. The number of rotatable bonds is 3. The maximum Gasteiger partial charge on any atom is 0.320 e. The van der Waals surface area contributed by atoms with E-state index in [1.54, 1.807) is 13.0 Å². The molecule has 0 unspecified atom stereocenters. The van der Waals surface area contributed by atoms with Crippen LogP contribution in [0.2, 0.25) is 0 Å². The topological polar surface area (TPSA) is 101 Å². The SMILES string of the molecule is Cc1cc(NC(=O)NC[C@H]2CCCS(=O)(=O)C2)no1. The molecule has 0 spiro atoms. The molecule has 2 heterocycles. The predicted octanol–water partition coefficient (Wildman–Crippen LogP) is 0.929. The number of carbonyl (C=O) groups excluding carboxylic acids is 1. The van der Waals surface area contributed by atoms with Crippen molar-refractivity contribution >= 4 is 21.7 Å². The molecule has 1 aliphatic heterocycles. The van der Waals surface area contributed by atoms with E-state index in [1.807, 2.05) is 0 Å². The van der Waals surface area contributed by atoms with Crippen LogP contribution in [0.3, 0.4) is 0 Å². The van der Waals surface area contributed by atoms with Crippen molar-refractivity contribution in [1.29, 1.82) is 0 Å². The highest BCUT2D eigenvalue weighted by molar-refractivity contribution is 7.91. The number of aromatic nitrogens is 1. The molecule has 0 saturated carbocycles. The Bertz CT molecular complexity index is 552. The molecule has 0 radical (unpaired) electrons. The van der Waals surface area contributed by atoms with Gasteiger partial charge in [-0.25, -0.2) is 13.2 Å². The summed E-state index contributed by atoms with van der Waals surface area (Å²) in [5.74, 6) is 1.34. The lowest BCUT2D eigenvalue weighted by atomic mass is 10.1. The molecular formula is C11H17N3O4S. The van der Waals surface area contributed by atoms with Crippen molar-refractivity contribution in [2.45, 2.75) is 19.8 Å². The minimum Gasteiger partial charge on any atom is -0.360 e. The van der Waals surface area contributed by atoms with Gasteiger partial charge in [0.25, 0.3) is 0 Å². The van der Waals surface area contributed by atoms with Gasteiger partial charge in [0.15, 0.2) is 15.7 Å². The van der Waals surface area contributed by atoms with Gasteiger partial charge in [-0.15, -0.1) is 0 Å². The van der Waals surface area contributed by atoms with Crippen LogP contribution >= 0.6 is 0 Å². The lowest BCUT2D eigenvalue weighted by Gasteiger charge is -2.21. The van der Waals surface area contributed by atoms with Crippen LogP contribution in [0.1, 0.15) is 18.6 Å². The molecular weight excluding hydrogens is 270 g/mol. The van der Waals surface area contributed by atoms with Gasteiger partial charge in [0, 0.05) is 12.6 Å². The third-order valence-corrected chi connectivity index (χ3v) is 4.87. The Hall–Kier alpha value is -1.57. The van der Waals surface area contributed by atoms with Crippen LogP contribution in [0.4, 0.5) is 10.6 Å². The molecule has 1 aromatic rings. The number of urea groups is 1. The number of anilines is 1. The zero-order chi connectivity index (χ0) is 13.9. The third kappa shape index (κ3) is 4.23. The summed E-state index contributed by atoms with van der Waals surface area (Å²) in [7, 11) is -2.93. The number of hydrogen-bond donors (Lipinski definition) is 2. The summed E-state index contributed by atoms with van der Waals surface area (Å²) < 4.78 is 27.7. The first-order chi connectivity index (χ1) is 8.94. The normalized spacial score (nSPS) is 21.8. The van der Waals surface area contributed by atoms with Gasteiger partial charge in [0.2, 0.25) is 0 Å². The van der Waals surface area contributed by atoms with Crippen LogP contribution in [-0.4, -0.2) is 37.7 Å². The van der Waals surface area contributed by atoms with E-state index in [1.165, 1.54) is 0 Å². The van der Waals surface area contributed by atoms with E-state index < -0.39 is 15.9 Å². The van der Waals surface area contributed by atoms with Crippen molar-refractivity contribution in [2.75, 3.05) is 23.4 Å². The average Bonchev–Trinajstić information content (AvgIpc) is 2.71. The van der Waals surface area contributed by atoms with Crippen molar-refractivity contribution in [3.05, 3.63) is 11.8 Å². The van der Waals surface area contributed by atoms with Crippen molar-refractivity contribution in [2.24, 2.45) is 5.92 Å². The molecule has 8 heteroatoms. The van der Waals surface area contributed by atoms with Crippen LogP contribution in [-0.2, 0) is 9.84 Å². The van der Waals surface area contributed by atoms with Crippen molar-refractivity contribution in [3.8, 4) is 0 Å². The van der Waals surface area contributed by atoms with E-state index >= 15 is 0 Å². The lowest BCUT2D eigenvalue weighted by molar-refractivity contribution is 0.250. The Labute approximate surface area is 111 Å². The number of sulfone groups is 1. The maximum absolute atomic E-state index is 11.6. The van der Waals surface area contributed by atoms with Gasteiger partial charge < -0.3 is 9.84 Å². The number of aryl methyl sites for hydroxylation is 1. The first-order valence-electron chi connectivity index (χ1n) is 6.13. The molecule has 2 N–H and O–H groups in total. The van der Waals surface area contributed by atoms with Crippen LogP contribution in [0.5, 0.6) is 0 Å². The Morgan fingerprint density at radius 1 is 1.58 bits per heavy atom. The van der Waals surface area contributed by atoms with E-state index in [0.717, 1.165) is 6.42 Å². The summed E-state index contributed by atoms with van der Waals surface area (Å²) in [6, 6.07) is 1.20. The fraction of sp³-hybridized carbons (Fsp3) is 0.636. The average molecular weight is 287 g/mol. The second-order valence-electron chi connectivity index (χ2n) is 4.78. The minimum atomic E-state index is -2.93. The Morgan fingerprint density at radius 2 is 2.37 bits per heavy atom. The monoisotopic (exact) mass is 287 g/mol. The lowest BCUT2D eigenvalue weighted by Crippen LogP contribution is -2.37. The summed E-state index contributed by atoms with van der Waals surface area (Å²) >= 11 is 0. The molecule has 1 saturated heterocycles. The van der Waals surface area contributed by atoms with Crippen molar-refractivity contribution in [1.82, 2.24) is 10.5 Å². The molecule has 1 aromatic heterocycles. The molecule has 1 atom stereocenters. The molecule has 0 aliphatic carbocycles. The second kappa shape index (κ2) is 5.60. The van der Waals surface area contributed by atoms with E-state index in [9.17, 15) is 13.2 Å². The van der Waals surface area contributed by atoms with Crippen LogP contribution < -0.4 is 10.6 Å². The second-order valence-corrected chi connectivity index (χ2v) is 7.01. The van der Waals surface area contributed by atoms with Gasteiger partial charge >= 0.3 is 6.03 Å². The van der Waals surface area contributed by atoms with Crippen molar-refractivity contribution < 1.29 is 17.7 Å². The van der Waals surface area contributed by atoms with E-state index in [2.05, 4.69) is 15.8 Å². The number of carbonyl (C=O) groups is 1. The van der Waals surface area contributed by atoms with Gasteiger partial charge in [-0.05, 0) is 25.7 Å². The van der Waals surface area contributed by atoms with Crippen LogP contribution in [0.15, 0.2) is 10.6 Å². The van der Waals surface area contributed by atoms with E-state index in [0.29, 0.717) is 24.5 Å². The molecule has 0 bridgehead atoms. The molecule has 2 amide bonds. The number of nitrogens with zero attached hydrogens (tertiary/aromatic N) is 1. The number of amides is 2. The van der Waals surface area contributed by atoms with E-state index in [-0.39, 0.29) is 17.4 Å². The fourth-order valence-corrected chi connectivity index (χ4v) is 3.88. The summed E-state index contributed by atoms with van der Waals surface area (Å²) in [5.41, 5.74) is 0. The molecule has 19 heavy (non-hydrogen) atoms. The molecule has 106 valence electrons. The maximum atomic E-state index is 11.6. The zero-order valence-corrected chi connectivity index (χ0v) is 11.5. The summed E-state index contributed by atoms with van der Waals surface area (Å²) in [5, 5.41) is 8.80. The molecule has 2 rings (SSSR count). The predicted molar refractivity (Wildman–Crippen MR) is 69.6 cm³/mol. The highest BCUT2D eigenvalue weighted by Gasteiger charge is 2.24. The summed E-state index contributed by atoms with van der Waals surface area (Å²) in [4.78, 5) is 11.6. The van der Waals surface area contributed by atoms with Gasteiger partial charge in [-0.3, -0.25) is 5.32 Å². The molecule has 1 fully saturated rings. The smallest absolute Gasteiger partial charge is 0.320 e. The number of hydrogen-bond acceptors (Lipinski definition) is 5. The molecule has 1 aliphatic rings. The Morgan fingerprint density at radius 3 is 3.00 bits per heavy atom. The zero-order valence-electron chi connectivity index (χ0n) is 10.7. The van der Waals surface area contributed by atoms with Gasteiger partial charge in [-0.2, -0.15) is 0 Å². The quantitative estimate of drug-likeness (QED) is 0.861. The number of nitrogens with one attached hydrogen (secondary N) is 2. The Kier molecular flexibility index (Phi) is 4.08. The van der Waals surface area contributed by atoms with E-state index in [4.69, 9.17) is 4.52 Å². The molecule has 7 nitrogen and oxygen atoms in total. The van der Waals surface area contributed by atoms with Crippen LogP contribution in [0.25, 0.3) is 0 Å². The largest absolute Gasteiger partial charge is 0.360 e. The van der Waals surface area contributed by atoms with Gasteiger partial charge in [0.1, 0.15) is 5.76 Å². The van der Waals surface area contributed by atoms with Crippen molar-refractivity contribution in [3.63, 3.8) is 0 Å². The van der Waals surface area contributed by atoms with Gasteiger partial charge in [-0.1, -0.05) is 5.16 Å². The van der Waals surface area contributed by atoms with Gasteiger partial charge in [0.05, 0.1) is 11.5 Å². The van der Waals surface area contributed by atoms with Crippen LogP contribution in [0, 0.1) is 12.8 Å². The Balaban J connectivity index is 1.77. The first-order valence-corrected chi connectivity index (χ1v) is 7.95. The summed E-state index contributed by atoms with van der Waals surface area (Å²) in [6.45, 7) is 2.07. The fourth-order valence-electron chi connectivity index (χ4n) is 2.10. The highest BCUT2D eigenvalue weighted by Crippen LogP contribution is 2.17. The first kappa shape index (κ1) is 13.9. The minimum absolute atomic E-state index is 0.0106. The molecule has 0 aromatic carbocycles. The standard InChI is InChI=1S/C11H17N3O4S/c1-8-5-10(14-18-8)13-11(15)12-6-9-3-2-4-19(16,17)7-9/h5,9H,2-4,6-7H2,1H3,(H2,12,13,14,15)/t9-/m1/s1. The highest BCUT2D eigenvalue weighted by atomic mass is 32.2. The third-order valence-electron chi connectivity index (χ3n) is 2.98.